The molecule has 2 saturated carbocycles. The molecule has 2 fully saturated rings. The standard InChI is InChI=1S/C16H20FNO/c17-15-5-2-11(3-6-15)10-18-16(19)9-14-8-12-1-4-13(14)7-12/h2-3,5-6,12-14H,1,4,7-10H2,(H,18,19)/t12-,13-,14-/m0/s1. The molecule has 2 aliphatic rings. The lowest BCUT2D eigenvalue weighted by molar-refractivity contribution is -0.122. The molecule has 0 saturated heterocycles. The summed E-state index contributed by atoms with van der Waals surface area (Å²) in [5.74, 6) is 2.19. The molecule has 0 aliphatic heterocycles. The van der Waals surface area contributed by atoms with Crippen LogP contribution in [0.5, 0.6) is 0 Å². The molecule has 2 bridgehead atoms. The van der Waals surface area contributed by atoms with Crippen LogP contribution in [0.4, 0.5) is 4.39 Å². The molecular formula is C16H20FNO. The number of amides is 1. The Bertz CT molecular complexity index is 456. The summed E-state index contributed by atoms with van der Waals surface area (Å²) < 4.78 is 12.8. The molecule has 19 heavy (non-hydrogen) atoms. The van der Waals surface area contributed by atoms with Gasteiger partial charge in [0.05, 0.1) is 0 Å². The van der Waals surface area contributed by atoms with Crippen LogP contribution in [-0.4, -0.2) is 5.91 Å². The monoisotopic (exact) mass is 261 g/mol. The first kappa shape index (κ1) is 12.6. The Morgan fingerprint density at radius 2 is 2.00 bits per heavy atom. The van der Waals surface area contributed by atoms with E-state index in [1.807, 2.05) is 0 Å². The molecule has 0 radical (unpaired) electrons. The number of hydrogen-bond donors (Lipinski definition) is 1. The molecule has 3 rings (SSSR count). The van der Waals surface area contributed by atoms with E-state index < -0.39 is 0 Å². The number of carbonyl (C=O) groups is 1. The fourth-order valence-electron chi connectivity index (χ4n) is 3.74. The van der Waals surface area contributed by atoms with Crippen LogP contribution in [0.15, 0.2) is 24.3 Å². The first-order valence-electron chi connectivity index (χ1n) is 7.22. The van der Waals surface area contributed by atoms with Crippen LogP contribution in [-0.2, 0) is 11.3 Å². The molecule has 0 spiro atoms. The molecule has 3 atom stereocenters. The van der Waals surface area contributed by atoms with Gasteiger partial charge in [0.15, 0.2) is 0 Å². The second-order valence-electron chi connectivity index (χ2n) is 6.04. The predicted molar refractivity (Wildman–Crippen MR) is 71.8 cm³/mol. The summed E-state index contributed by atoms with van der Waals surface area (Å²) in [6.07, 6.45) is 5.95. The van der Waals surface area contributed by atoms with E-state index in [0.29, 0.717) is 18.9 Å². The topological polar surface area (TPSA) is 29.1 Å². The van der Waals surface area contributed by atoms with E-state index in [4.69, 9.17) is 0 Å². The van der Waals surface area contributed by atoms with Crippen LogP contribution in [0.2, 0.25) is 0 Å². The van der Waals surface area contributed by atoms with Gasteiger partial charge in [0.25, 0.3) is 0 Å². The lowest BCUT2D eigenvalue weighted by Crippen LogP contribution is -2.26. The van der Waals surface area contributed by atoms with E-state index >= 15 is 0 Å². The van der Waals surface area contributed by atoms with E-state index in [9.17, 15) is 9.18 Å². The largest absolute Gasteiger partial charge is 0.352 e. The summed E-state index contributed by atoms with van der Waals surface area (Å²) in [7, 11) is 0. The van der Waals surface area contributed by atoms with E-state index in [2.05, 4.69) is 5.32 Å². The zero-order valence-corrected chi connectivity index (χ0v) is 11.1. The van der Waals surface area contributed by atoms with Crippen LogP contribution in [0.25, 0.3) is 0 Å². The summed E-state index contributed by atoms with van der Waals surface area (Å²) in [5.41, 5.74) is 0.947. The number of rotatable bonds is 4. The van der Waals surface area contributed by atoms with Gasteiger partial charge < -0.3 is 5.32 Å². The van der Waals surface area contributed by atoms with Crippen molar-refractivity contribution in [3.05, 3.63) is 35.6 Å². The minimum absolute atomic E-state index is 0.141. The van der Waals surface area contributed by atoms with E-state index in [-0.39, 0.29) is 11.7 Å². The van der Waals surface area contributed by atoms with Gasteiger partial charge in [0.2, 0.25) is 5.91 Å². The van der Waals surface area contributed by atoms with Crippen molar-refractivity contribution in [1.82, 2.24) is 5.32 Å². The Labute approximate surface area is 113 Å². The van der Waals surface area contributed by atoms with Gasteiger partial charge in [0, 0.05) is 13.0 Å². The summed E-state index contributed by atoms with van der Waals surface area (Å²) in [6.45, 7) is 0.500. The Kier molecular flexibility index (Phi) is 3.54. The Morgan fingerprint density at radius 1 is 1.21 bits per heavy atom. The minimum Gasteiger partial charge on any atom is -0.352 e. The van der Waals surface area contributed by atoms with Crippen molar-refractivity contribution in [3.8, 4) is 0 Å². The van der Waals surface area contributed by atoms with Crippen LogP contribution in [0.1, 0.15) is 37.7 Å². The highest BCUT2D eigenvalue weighted by Gasteiger charge is 2.39. The van der Waals surface area contributed by atoms with Crippen molar-refractivity contribution < 1.29 is 9.18 Å². The molecule has 1 aromatic carbocycles. The highest BCUT2D eigenvalue weighted by molar-refractivity contribution is 5.76. The summed E-state index contributed by atoms with van der Waals surface area (Å²) in [4.78, 5) is 11.9. The smallest absolute Gasteiger partial charge is 0.220 e. The lowest BCUT2D eigenvalue weighted by atomic mass is 9.86. The normalized spacial score (nSPS) is 28.6. The molecule has 2 aliphatic carbocycles. The Hall–Kier alpha value is -1.38. The summed E-state index contributed by atoms with van der Waals surface area (Å²) >= 11 is 0. The van der Waals surface area contributed by atoms with Gasteiger partial charge in [-0.3, -0.25) is 4.79 Å². The van der Waals surface area contributed by atoms with E-state index in [1.54, 1.807) is 12.1 Å². The van der Waals surface area contributed by atoms with Crippen molar-refractivity contribution in [3.63, 3.8) is 0 Å². The average molecular weight is 261 g/mol. The van der Waals surface area contributed by atoms with Gasteiger partial charge in [-0.25, -0.2) is 4.39 Å². The third-order valence-electron chi connectivity index (χ3n) is 4.74. The van der Waals surface area contributed by atoms with E-state index in [1.165, 1.54) is 37.8 Å². The molecule has 1 aromatic rings. The molecule has 2 nitrogen and oxygen atoms in total. The third-order valence-corrected chi connectivity index (χ3v) is 4.74. The Balaban J connectivity index is 1.45. The average Bonchev–Trinajstić information content (AvgIpc) is 3.00. The highest BCUT2D eigenvalue weighted by Crippen LogP contribution is 2.49. The quantitative estimate of drug-likeness (QED) is 0.885. The van der Waals surface area contributed by atoms with Crippen LogP contribution < -0.4 is 5.32 Å². The fourth-order valence-corrected chi connectivity index (χ4v) is 3.74. The Morgan fingerprint density at radius 3 is 2.63 bits per heavy atom. The number of benzene rings is 1. The van der Waals surface area contributed by atoms with Crippen molar-refractivity contribution in [2.75, 3.05) is 0 Å². The van der Waals surface area contributed by atoms with Gasteiger partial charge in [-0.05, 0) is 54.7 Å². The third kappa shape index (κ3) is 2.96. The maximum atomic E-state index is 12.8. The first-order valence-corrected chi connectivity index (χ1v) is 7.22. The summed E-state index contributed by atoms with van der Waals surface area (Å²) in [5, 5.41) is 2.94. The molecule has 3 heteroatoms. The number of halogens is 1. The highest BCUT2D eigenvalue weighted by atomic mass is 19.1. The van der Waals surface area contributed by atoms with Crippen LogP contribution >= 0.6 is 0 Å². The lowest BCUT2D eigenvalue weighted by Gasteiger charge is -2.20. The number of fused-ring (bicyclic) bond motifs is 2. The van der Waals surface area contributed by atoms with Gasteiger partial charge in [-0.2, -0.15) is 0 Å². The van der Waals surface area contributed by atoms with Crippen molar-refractivity contribution >= 4 is 5.91 Å². The second-order valence-corrected chi connectivity index (χ2v) is 6.04. The zero-order valence-electron chi connectivity index (χ0n) is 11.1. The molecular weight excluding hydrogens is 241 g/mol. The zero-order chi connectivity index (χ0) is 13.2. The number of nitrogens with one attached hydrogen (secondary N) is 1. The molecule has 102 valence electrons. The minimum atomic E-state index is -0.239. The second kappa shape index (κ2) is 5.32. The number of hydrogen-bond acceptors (Lipinski definition) is 1. The molecule has 0 unspecified atom stereocenters. The molecule has 1 N–H and O–H groups in total. The van der Waals surface area contributed by atoms with Crippen LogP contribution in [0, 0.1) is 23.6 Å². The fraction of sp³-hybridized carbons (Fsp3) is 0.562. The first-order chi connectivity index (χ1) is 9.20. The van der Waals surface area contributed by atoms with Gasteiger partial charge in [0.1, 0.15) is 5.82 Å². The SMILES string of the molecule is O=C(C[C@@H]1C[C@H]2CC[C@H]1C2)NCc1ccc(F)cc1. The van der Waals surface area contributed by atoms with Crippen molar-refractivity contribution in [1.29, 1.82) is 0 Å². The van der Waals surface area contributed by atoms with Gasteiger partial charge >= 0.3 is 0 Å². The molecule has 0 heterocycles. The van der Waals surface area contributed by atoms with Crippen molar-refractivity contribution in [2.45, 2.75) is 38.6 Å². The van der Waals surface area contributed by atoms with Crippen LogP contribution in [0.3, 0.4) is 0 Å². The van der Waals surface area contributed by atoms with E-state index in [0.717, 1.165) is 17.4 Å². The number of carbonyl (C=O) groups excluding carboxylic acids is 1. The maximum Gasteiger partial charge on any atom is 0.220 e. The van der Waals surface area contributed by atoms with Gasteiger partial charge in [-0.1, -0.05) is 18.6 Å². The molecule has 1 amide bonds. The summed E-state index contributed by atoms with van der Waals surface area (Å²) in [6, 6.07) is 6.29. The molecule has 0 aromatic heterocycles. The maximum absolute atomic E-state index is 12.8. The van der Waals surface area contributed by atoms with Gasteiger partial charge in [-0.15, -0.1) is 0 Å². The van der Waals surface area contributed by atoms with Crippen molar-refractivity contribution in [2.24, 2.45) is 17.8 Å². The predicted octanol–water partition coefficient (Wildman–Crippen LogP) is 3.27.